The highest BCUT2D eigenvalue weighted by Crippen LogP contribution is 2.17. The molecule has 1 aliphatic heterocycles. The second-order valence-electron chi connectivity index (χ2n) is 5.18. The number of carbonyl (C=O) groups excluding carboxylic acids is 1. The molecule has 0 spiro atoms. The normalized spacial score (nSPS) is 21.2. The molecule has 1 aliphatic rings. The monoisotopic (exact) mass is 282 g/mol. The molecule has 2 heterocycles. The van der Waals surface area contributed by atoms with Crippen LogP contribution in [0.3, 0.4) is 0 Å². The Morgan fingerprint density at radius 3 is 3.05 bits per heavy atom. The molecule has 1 aromatic heterocycles. The lowest BCUT2D eigenvalue weighted by Gasteiger charge is -2.34. The second-order valence-corrected chi connectivity index (χ2v) is 6.56. The Balaban J connectivity index is 1.84. The Kier molecular flexibility index (Phi) is 4.82. The molecule has 1 saturated heterocycles. The molecule has 0 saturated carbocycles. The maximum atomic E-state index is 12.2. The molecule has 1 N–H and O–H groups in total. The molecule has 2 rings (SSSR count). The smallest absolute Gasteiger partial charge is 0.318 e. The Morgan fingerprint density at radius 2 is 2.42 bits per heavy atom. The van der Waals surface area contributed by atoms with Crippen LogP contribution in [0.15, 0.2) is 12.1 Å². The van der Waals surface area contributed by atoms with E-state index >= 15 is 0 Å². The summed E-state index contributed by atoms with van der Waals surface area (Å²) in [5, 5.41) is 3.08. The molecule has 0 bridgehead atoms. The Bertz CT molecular complexity index is 433. The van der Waals surface area contributed by atoms with E-state index in [0.29, 0.717) is 19.8 Å². The quantitative estimate of drug-likeness (QED) is 0.925. The minimum Gasteiger partial charge on any atom is -0.377 e. The van der Waals surface area contributed by atoms with Crippen LogP contribution in [0, 0.1) is 6.92 Å². The fourth-order valence-corrected chi connectivity index (χ4v) is 3.29. The first kappa shape index (κ1) is 14.3. The topological polar surface area (TPSA) is 41.6 Å². The van der Waals surface area contributed by atoms with E-state index in [4.69, 9.17) is 4.74 Å². The van der Waals surface area contributed by atoms with Crippen molar-refractivity contribution in [2.75, 3.05) is 19.8 Å². The first-order chi connectivity index (χ1) is 9.06. The first-order valence-electron chi connectivity index (χ1n) is 6.76. The number of rotatable bonds is 3. The molecular formula is C14H22N2O2S. The molecule has 1 fully saturated rings. The van der Waals surface area contributed by atoms with E-state index in [0.717, 1.165) is 6.42 Å². The van der Waals surface area contributed by atoms with Crippen molar-refractivity contribution in [1.29, 1.82) is 0 Å². The standard InChI is InChI=1S/C14H22N2O2S/c1-10(8-13-5-4-12(3)19-13)15-14(17)16-6-7-18-9-11(16)2/h4-5,10-11H,6-9H2,1-3H3,(H,15,17)/t10-,11-/m1/s1. The van der Waals surface area contributed by atoms with Crippen LogP contribution >= 0.6 is 11.3 Å². The van der Waals surface area contributed by atoms with Crippen LogP contribution in [0.25, 0.3) is 0 Å². The number of hydrogen-bond donors (Lipinski definition) is 1. The minimum absolute atomic E-state index is 0.0246. The lowest BCUT2D eigenvalue weighted by molar-refractivity contribution is 0.0185. The molecule has 106 valence electrons. The fourth-order valence-electron chi connectivity index (χ4n) is 2.27. The van der Waals surface area contributed by atoms with E-state index < -0.39 is 0 Å². The van der Waals surface area contributed by atoms with E-state index in [-0.39, 0.29) is 18.1 Å². The van der Waals surface area contributed by atoms with Crippen molar-refractivity contribution < 1.29 is 9.53 Å². The molecule has 2 amide bonds. The molecule has 1 aromatic rings. The summed E-state index contributed by atoms with van der Waals surface area (Å²) in [5.74, 6) is 0. The van der Waals surface area contributed by atoms with Gasteiger partial charge in [0, 0.05) is 28.8 Å². The minimum atomic E-state index is 0.0246. The molecule has 0 aromatic carbocycles. The lowest BCUT2D eigenvalue weighted by Crippen LogP contribution is -2.53. The average Bonchev–Trinajstić information content (AvgIpc) is 2.74. The van der Waals surface area contributed by atoms with Crippen LogP contribution in [-0.4, -0.2) is 42.8 Å². The number of thiophene rings is 1. The second kappa shape index (κ2) is 6.39. The highest BCUT2D eigenvalue weighted by atomic mass is 32.1. The Labute approximate surface area is 118 Å². The van der Waals surface area contributed by atoms with Crippen LogP contribution in [0.5, 0.6) is 0 Å². The zero-order valence-electron chi connectivity index (χ0n) is 11.8. The summed E-state index contributed by atoms with van der Waals surface area (Å²) in [6.45, 7) is 8.12. The van der Waals surface area contributed by atoms with Gasteiger partial charge in [-0.25, -0.2) is 4.79 Å². The van der Waals surface area contributed by atoms with E-state index in [1.165, 1.54) is 9.75 Å². The zero-order valence-corrected chi connectivity index (χ0v) is 12.6. The summed E-state index contributed by atoms with van der Waals surface area (Å²) in [7, 11) is 0. The SMILES string of the molecule is Cc1ccc(C[C@@H](C)NC(=O)N2CCOC[C@H]2C)s1. The number of ether oxygens (including phenoxy) is 1. The Hall–Kier alpha value is -1.07. The number of nitrogens with zero attached hydrogens (tertiary/aromatic N) is 1. The number of amides is 2. The van der Waals surface area contributed by atoms with E-state index in [2.05, 4.69) is 31.3 Å². The largest absolute Gasteiger partial charge is 0.377 e. The number of morpholine rings is 1. The number of carbonyl (C=O) groups is 1. The lowest BCUT2D eigenvalue weighted by atomic mass is 10.2. The van der Waals surface area contributed by atoms with Gasteiger partial charge in [-0.05, 0) is 32.9 Å². The van der Waals surface area contributed by atoms with Crippen molar-refractivity contribution in [3.8, 4) is 0 Å². The average molecular weight is 282 g/mol. The third-order valence-corrected chi connectivity index (χ3v) is 4.32. The molecule has 5 heteroatoms. The fraction of sp³-hybridized carbons (Fsp3) is 0.643. The van der Waals surface area contributed by atoms with Crippen molar-refractivity contribution in [3.05, 3.63) is 21.9 Å². The van der Waals surface area contributed by atoms with Crippen molar-refractivity contribution in [1.82, 2.24) is 10.2 Å². The van der Waals surface area contributed by atoms with Crippen molar-refractivity contribution in [2.45, 2.75) is 39.3 Å². The number of aryl methyl sites for hydroxylation is 1. The molecule has 4 nitrogen and oxygen atoms in total. The summed E-state index contributed by atoms with van der Waals surface area (Å²) < 4.78 is 5.35. The van der Waals surface area contributed by atoms with Gasteiger partial charge in [-0.1, -0.05) is 0 Å². The Morgan fingerprint density at radius 1 is 1.63 bits per heavy atom. The molecular weight excluding hydrogens is 260 g/mol. The summed E-state index contributed by atoms with van der Waals surface area (Å²) in [6.07, 6.45) is 0.892. The van der Waals surface area contributed by atoms with Gasteiger partial charge in [0.15, 0.2) is 0 Å². The van der Waals surface area contributed by atoms with Crippen molar-refractivity contribution >= 4 is 17.4 Å². The van der Waals surface area contributed by atoms with E-state index in [9.17, 15) is 4.79 Å². The highest BCUT2D eigenvalue weighted by Gasteiger charge is 2.24. The number of urea groups is 1. The molecule has 0 radical (unpaired) electrons. The van der Waals surface area contributed by atoms with E-state index in [1.807, 2.05) is 11.8 Å². The van der Waals surface area contributed by atoms with Gasteiger partial charge in [0.2, 0.25) is 0 Å². The molecule has 0 aliphatic carbocycles. The van der Waals surface area contributed by atoms with Crippen molar-refractivity contribution in [2.24, 2.45) is 0 Å². The summed E-state index contributed by atoms with van der Waals surface area (Å²) in [4.78, 5) is 16.7. The van der Waals surface area contributed by atoms with Crippen LogP contribution < -0.4 is 5.32 Å². The summed E-state index contributed by atoms with van der Waals surface area (Å²) in [5.41, 5.74) is 0. The van der Waals surface area contributed by atoms with Gasteiger partial charge in [0.1, 0.15) is 0 Å². The predicted molar refractivity (Wildman–Crippen MR) is 77.7 cm³/mol. The summed E-state index contributed by atoms with van der Waals surface area (Å²) >= 11 is 1.79. The summed E-state index contributed by atoms with van der Waals surface area (Å²) in [6, 6.07) is 4.60. The van der Waals surface area contributed by atoms with Crippen LogP contribution in [0.2, 0.25) is 0 Å². The highest BCUT2D eigenvalue weighted by molar-refractivity contribution is 7.11. The first-order valence-corrected chi connectivity index (χ1v) is 7.58. The van der Waals surface area contributed by atoms with Gasteiger partial charge in [-0.2, -0.15) is 0 Å². The molecule has 19 heavy (non-hydrogen) atoms. The van der Waals surface area contributed by atoms with Gasteiger partial charge >= 0.3 is 6.03 Å². The third-order valence-electron chi connectivity index (χ3n) is 3.30. The number of nitrogens with one attached hydrogen (secondary N) is 1. The van der Waals surface area contributed by atoms with Gasteiger partial charge in [0.25, 0.3) is 0 Å². The third kappa shape index (κ3) is 3.94. The zero-order chi connectivity index (χ0) is 13.8. The maximum absolute atomic E-state index is 12.2. The van der Waals surface area contributed by atoms with Gasteiger partial charge in [-0.15, -0.1) is 11.3 Å². The van der Waals surface area contributed by atoms with Gasteiger partial charge in [-0.3, -0.25) is 0 Å². The maximum Gasteiger partial charge on any atom is 0.318 e. The molecule has 0 unspecified atom stereocenters. The van der Waals surface area contributed by atoms with Gasteiger partial charge < -0.3 is 15.0 Å². The number of hydrogen-bond acceptors (Lipinski definition) is 3. The van der Waals surface area contributed by atoms with E-state index in [1.54, 1.807) is 11.3 Å². The van der Waals surface area contributed by atoms with Crippen molar-refractivity contribution in [3.63, 3.8) is 0 Å². The van der Waals surface area contributed by atoms with Crippen LogP contribution in [0.1, 0.15) is 23.6 Å². The van der Waals surface area contributed by atoms with Crippen LogP contribution in [0.4, 0.5) is 4.79 Å². The molecule has 2 atom stereocenters. The predicted octanol–water partition coefficient (Wildman–Crippen LogP) is 2.42. The van der Waals surface area contributed by atoms with Gasteiger partial charge in [0.05, 0.1) is 19.3 Å². The van der Waals surface area contributed by atoms with Crippen LogP contribution in [-0.2, 0) is 11.2 Å².